The van der Waals surface area contributed by atoms with Gasteiger partial charge in [0, 0.05) is 0 Å². The summed E-state index contributed by atoms with van der Waals surface area (Å²) in [6, 6.07) is 6.57. The molecule has 0 heterocycles. The first kappa shape index (κ1) is 20.3. The smallest absolute Gasteiger partial charge is 0.462 e. The number of esters is 1. The molecule has 2 rings (SSSR count). The van der Waals surface area contributed by atoms with E-state index in [0.29, 0.717) is 24.4 Å². The second-order valence-electron chi connectivity index (χ2n) is 7.47. The Balaban J connectivity index is 2.04. The van der Waals surface area contributed by atoms with Crippen LogP contribution < -0.4 is 4.74 Å². The van der Waals surface area contributed by atoms with Gasteiger partial charge in [-0.25, -0.2) is 9.59 Å². The fourth-order valence-corrected chi connectivity index (χ4v) is 3.48. The number of benzene rings is 1. The highest BCUT2D eigenvalue weighted by Crippen LogP contribution is 2.35. The van der Waals surface area contributed by atoms with E-state index in [1.807, 2.05) is 6.92 Å². The average molecular weight is 362 g/mol. The van der Waals surface area contributed by atoms with Gasteiger partial charge in [-0.15, -0.1) is 0 Å². The maximum Gasteiger partial charge on any atom is 0.514 e. The molecular weight excluding hydrogens is 332 g/mol. The molecule has 3 atom stereocenters. The van der Waals surface area contributed by atoms with E-state index in [2.05, 4.69) is 20.8 Å². The molecule has 144 valence electrons. The van der Waals surface area contributed by atoms with Gasteiger partial charge in [-0.1, -0.05) is 46.2 Å². The van der Waals surface area contributed by atoms with Crippen LogP contribution in [0.2, 0.25) is 0 Å². The third-order valence-electron chi connectivity index (χ3n) is 4.95. The number of rotatable bonds is 6. The summed E-state index contributed by atoms with van der Waals surface area (Å²) in [5.74, 6) is 0.976. The number of para-hydroxylation sites is 1. The third-order valence-corrected chi connectivity index (χ3v) is 4.95. The summed E-state index contributed by atoms with van der Waals surface area (Å²) in [5, 5.41) is 0. The van der Waals surface area contributed by atoms with Gasteiger partial charge in [-0.2, -0.15) is 0 Å². The van der Waals surface area contributed by atoms with Crippen molar-refractivity contribution in [2.75, 3.05) is 6.61 Å². The summed E-state index contributed by atoms with van der Waals surface area (Å²) in [5.41, 5.74) is 0.232. The molecule has 1 aromatic rings. The van der Waals surface area contributed by atoms with Crippen LogP contribution in [0.1, 0.15) is 63.7 Å². The van der Waals surface area contributed by atoms with Gasteiger partial charge in [0.15, 0.2) is 0 Å². The molecule has 1 aromatic carbocycles. The van der Waals surface area contributed by atoms with Crippen molar-refractivity contribution in [2.24, 2.45) is 17.8 Å². The first-order chi connectivity index (χ1) is 12.4. The van der Waals surface area contributed by atoms with Crippen molar-refractivity contribution < 1.29 is 23.8 Å². The number of hydrogen-bond donors (Lipinski definition) is 0. The number of carbonyl (C=O) groups excluding carboxylic acids is 2. The van der Waals surface area contributed by atoms with Crippen molar-refractivity contribution in [1.82, 2.24) is 0 Å². The molecule has 5 heteroatoms. The Morgan fingerprint density at radius 3 is 2.62 bits per heavy atom. The quantitative estimate of drug-likeness (QED) is 0.512. The maximum absolute atomic E-state index is 12.3. The molecule has 0 saturated heterocycles. The molecule has 1 saturated carbocycles. The lowest BCUT2D eigenvalue weighted by Gasteiger charge is -2.36. The van der Waals surface area contributed by atoms with Gasteiger partial charge in [0.2, 0.25) is 0 Å². The van der Waals surface area contributed by atoms with E-state index in [0.717, 1.165) is 25.7 Å². The zero-order chi connectivity index (χ0) is 19.1. The van der Waals surface area contributed by atoms with Gasteiger partial charge >= 0.3 is 12.1 Å². The summed E-state index contributed by atoms with van der Waals surface area (Å²) in [7, 11) is 0. The van der Waals surface area contributed by atoms with E-state index in [9.17, 15) is 9.59 Å². The van der Waals surface area contributed by atoms with Gasteiger partial charge in [0.1, 0.15) is 17.4 Å². The molecule has 26 heavy (non-hydrogen) atoms. The van der Waals surface area contributed by atoms with Crippen LogP contribution in [-0.2, 0) is 9.47 Å². The minimum Gasteiger partial charge on any atom is -0.462 e. The largest absolute Gasteiger partial charge is 0.514 e. The molecule has 1 aliphatic carbocycles. The molecule has 0 aromatic heterocycles. The monoisotopic (exact) mass is 362 g/mol. The van der Waals surface area contributed by atoms with Crippen molar-refractivity contribution in [3.63, 3.8) is 0 Å². The summed E-state index contributed by atoms with van der Waals surface area (Å²) < 4.78 is 16.1. The molecule has 0 amide bonds. The Kier molecular flexibility index (Phi) is 7.49. The summed E-state index contributed by atoms with van der Waals surface area (Å²) in [6.45, 7) is 8.73. The van der Waals surface area contributed by atoms with Crippen molar-refractivity contribution in [3.05, 3.63) is 29.8 Å². The van der Waals surface area contributed by atoms with Gasteiger partial charge in [-0.3, -0.25) is 0 Å². The number of ether oxygens (including phenoxy) is 3. The lowest BCUT2D eigenvalue weighted by molar-refractivity contribution is -0.0138. The van der Waals surface area contributed by atoms with Crippen LogP contribution in [0.5, 0.6) is 5.75 Å². The molecule has 0 N–H and O–H groups in total. The lowest BCUT2D eigenvalue weighted by atomic mass is 9.75. The fraction of sp³-hybridized carbons (Fsp3) is 0.619. The SMILES string of the molecule is CCCOC(=O)c1ccccc1OC(=O)OC1CC(C)CCC1C(C)C. The second-order valence-corrected chi connectivity index (χ2v) is 7.47. The van der Waals surface area contributed by atoms with Gasteiger partial charge in [-0.05, 0) is 49.1 Å². The van der Waals surface area contributed by atoms with E-state index < -0.39 is 12.1 Å². The molecular formula is C21H30O5. The Hall–Kier alpha value is -2.04. The zero-order valence-corrected chi connectivity index (χ0v) is 16.2. The van der Waals surface area contributed by atoms with Crippen LogP contribution in [0.25, 0.3) is 0 Å². The van der Waals surface area contributed by atoms with Crippen LogP contribution in [0.4, 0.5) is 4.79 Å². The van der Waals surface area contributed by atoms with Gasteiger partial charge in [0.05, 0.1) is 6.61 Å². The van der Waals surface area contributed by atoms with Crippen LogP contribution >= 0.6 is 0 Å². The minimum absolute atomic E-state index is 0.148. The maximum atomic E-state index is 12.3. The van der Waals surface area contributed by atoms with E-state index in [4.69, 9.17) is 14.2 Å². The topological polar surface area (TPSA) is 61.8 Å². The number of hydrogen-bond acceptors (Lipinski definition) is 5. The molecule has 0 aliphatic heterocycles. The fourth-order valence-electron chi connectivity index (χ4n) is 3.48. The van der Waals surface area contributed by atoms with Crippen LogP contribution in [-0.4, -0.2) is 24.8 Å². The van der Waals surface area contributed by atoms with Crippen molar-refractivity contribution in [2.45, 2.75) is 59.5 Å². The molecule has 0 spiro atoms. The normalized spacial score (nSPS) is 22.7. The van der Waals surface area contributed by atoms with Crippen molar-refractivity contribution in [1.29, 1.82) is 0 Å². The Morgan fingerprint density at radius 2 is 1.92 bits per heavy atom. The standard InChI is InChI=1S/C21H30O5/c1-5-12-24-20(22)17-8-6-7-9-18(17)25-21(23)26-19-13-15(4)10-11-16(19)14(2)3/h6-9,14-16,19H,5,10-13H2,1-4H3. The Morgan fingerprint density at radius 1 is 1.19 bits per heavy atom. The highest BCUT2D eigenvalue weighted by Gasteiger charge is 2.34. The Labute approximate surface area is 156 Å². The first-order valence-electron chi connectivity index (χ1n) is 9.57. The van der Waals surface area contributed by atoms with E-state index in [1.54, 1.807) is 24.3 Å². The summed E-state index contributed by atoms with van der Waals surface area (Å²) in [4.78, 5) is 24.5. The predicted octanol–water partition coefficient (Wildman–Crippen LogP) is 5.23. The lowest BCUT2D eigenvalue weighted by Crippen LogP contribution is -2.36. The first-order valence-corrected chi connectivity index (χ1v) is 9.57. The van der Waals surface area contributed by atoms with Gasteiger partial charge in [0.25, 0.3) is 0 Å². The molecule has 3 unspecified atom stereocenters. The predicted molar refractivity (Wildman–Crippen MR) is 99.3 cm³/mol. The number of carbonyl (C=O) groups is 2. The second kappa shape index (κ2) is 9.60. The van der Waals surface area contributed by atoms with Crippen molar-refractivity contribution >= 4 is 12.1 Å². The molecule has 5 nitrogen and oxygen atoms in total. The Bertz CT molecular complexity index is 610. The molecule has 0 radical (unpaired) electrons. The van der Waals surface area contributed by atoms with Crippen molar-refractivity contribution in [3.8, 4) is 5.75 Å². The van der Waals surface area contributed by atoms with E-state index in [1.165, 1.54) is 0 Å². The molecule has 1 aliphatic rings. The summed E-state index contributed by atoms with van der Waals surface area (Å²) in [6.07, 6.45) is 2.88. The molecule has 1 fully saturated rings. The minimum atomic E-state index is -0.759. The van der Waals surface area contributed by atoms with E-state index >= 15 is 0 Å². The average Bonchev–Trinajstić information content (AvgIpc) is 2.59. The molecule has 0 bridgehead atoms. The highest BCUT2D eigenvalue weighted by atomic mass is 16.7. The van der Waals surface area contributed by atoms with Crippen LogP contribution in [0.3, 0.4) is 0 Å². The highest BCUT2D eigenvalue weighted by molar-refractivity contribution is 5.93. The van der Waals surface area contributed by atoms with Crippen LogP contribution in [0.15, 0.2) is 24.3 Å². The van der Waals surface area contributed by atoms with Gasteiger partial charge < -0.3 is 14.2 Å². The van der Waals surface area contributed by atoms with E-state index in [-0.39, 0.29) is 17.4 Å². The van der Waals surface area contributed by atoms with Crippen LogP contribution in [0, 0.1) is 17.8 Å². The zero-order valence-electron chi connectivity index (χ0n) is 16.2. The third kappa shape index (κ3) is 5.48. The summed E-state index contributed by atoms with van der Waals surface area (Å²) >= 11 is 0.